The second kappa shape index (κ2) is 4.48. The van der Waals surface area contributed by atoms with Gasteiger partial charge in [0, 0.05) is 5.56 Å². The number of carbonyl (C=O) groups excluding carboxylic acids is 1. The summed E-state index contributed by atoms with van der Waals surface area (Å²) in [6, 6.07) is 1.84. The molecule has 0 heterocycles. The van der Waals surface area contributed by atoms with Gasteiger partial charge in [0.25, 0.3) is 0 Å². The molecule has 0 radical (unpaired) electrons. The van der Waals surface area contributed by atoms with Crippen LogP contribution in [0.1, 0.15) is 10.4 Å². The van der Waals surface area contributed by atoms with Gasteiger partial charge in [0.15, 0.2) is 5.78 Å². The van der Waals surface area contributed by atoms with Gasteiger partial charge in [-0.3, -0.25) is 4.79 Å². The van der Waals surface area contributed by atoms with Crippen molar-refractivity contribution in [3.63, 3.8) is 0 Å². The van der Waals surface area contributed by atoms with E-state index < -0.39 is 16.7 Å². The molecule has 0 aromatic heterocycles. The number of hydrogen-bond donors (Lipinski definition) is 1. The molecule has 0 aliphatic rings. The number of hydrogen-bond acceptors (Lipinski definition) is 2. The molecule has 14 heavy (non-hydrogen) atoms. The normalized spacial score (nSPS) is 10.3. The summed E-state index contributed by atoms with van der Waals surface area (Å²) in [6.45, 7) is 0.0283. The maximum Gasteiger partial charge on any atom is 0.176 e. The van der Waals surface area contributed by atoms with E-state index in [0.29, 0.717) is 0 Å². The summed E-state index contributed by atoms with van der Waals surface area (Å²) in [7, 11) is 1.57. The zero-order valence-corrected chi connectivity index (χ0v) is 8.16. The summed E-state index contributed by atoms with van der Waals surface area (Å²) in [5, 5.41) is 2.00. The third-order valence-electron chi connectivity index (χ3n) is 1.64. The van der Waals surface area contributed by atoms with Crippen molar-refractivity contribution < 1.29 is 13.6 Å². The van der Waals surface area contributed by atoms with Crippen molar-refractivity contribution in [3.8, 4) is 0 Å². The lowest BCUT2D eigenvalue weighted by atomic mass is 10.1. The monoisotopic (exact) mass is 219 g/mol. The second-order valence-electron chi connectivity index (χ2n) is 2.71. The van der Waals surface area contributed by atoms with Gasteiger partial charge >= 0.3 is 0 Å². The van der Waals surface area contributed by atoms with E-state index in [-0.39, 0.29) is 17.9 Å². The van der Waals surface area contributed by atoms with Crippen LogP contribution in [-0.2, 0) is 0 Å². The Labute approximate surface area is 84.9 Å². The Hall–Kier alpha value is -1.00. The van der Waals surface area contributed by atoms with Crippen LogP contribution < -0.4 is 5.32 Å². The smallest absolute Gasteiger partial charge is 0.176 e. The van der Waals surface area contributed by atoms with E-state index in [9.17, 15) is 13.6 Å². The van der Waals surface area contributed by atoms with Crippen LogP contribution in [0.3, 0.4) is 0 Å². The topological polar surface area (TPSA) is 29.1 Å². The molecule has 5 heteroatoms. The maximum absolute atomic E-state index is 12.9. The molecule has 1 aromatic carbocycles. The van der Waals surface area contributed by atoms with Crippen LogP contribution in [0, 0.1) is 11.6 Å². The molecule has 0 spiro atoms. The van der Waals surface area contributed by atoms with Crippen molar-refractivity contribution in [1.82, 2.24) is 5.32 Å². The second-order valence-corrected chi connectivity index (χ2v) is 3.09. The average Bonchev–Trinajstić information content (AvgIpc) is 2.13. The van der Waals surface area contributed by atoms with Crippen LogP contribution in [0.15, 0.2) is 12.1 Å². The third kappa shape index (κ3) is 2.27. The van der Waals surface area contributed by atoms with E-state index in [4.69, 9.17) is 11.6 Å². The molecular formula is C9H8ClF2NO. The Kier molecular flexibility index (Phi) is 3.55. The zero-order chi connectivity index (χ0) is 10.7. The van der Waals surface area contributed by atoms with Crippen molar-refractivity contribution in [2.75, 3.05) is 13.6 Å². The highest BCUT2D eigenvalue weighted by Gasteiger charge is 2.12. The van der Waals surface area contributed by atoms with E-state index in [1.54, 1.807) is 7.05 Å². The Morgan fingerprint density at radius 2 is 1.93 bits per heavy atom. The van der Waals surface area contributed by atoms with Crippen molar-refractivity contribution in [2.45, 2.75) is 0 Å². The predicted molar refractivity (Wildman–Crippen MR) is 49.6 cm³/mol. The highest BCUT2D eigenvalue weighted by atomic mass is 35.5. The van der Waals surface area contributed by atoms with E-state index in [1.807, 2.05) is 0 Å². The molecule has 0 atom stereocenters. The van der Waals surface area contributed by atoms with E-state index >= 15 is 0 Å². The fraction of sp³-hybridized carbons (Fsp3) is 0.222. The first-order chi connectivity index (χ1) is 6.56. The molecule has 0 amide bonds. The highest BCUT2D eigenvalue weighted by Crippen LogP contribution is 2.20. The van der Waals surface area contributed by atoms with Crippen LogP contribution in [0.4, 0.5) is 8.78 Å². The van der Waals surface area contributed by atoms with Crippen LogP contribution in [-0.4, -0.2) is 19.4 Å². The molecule has 0 saturated heterocycles. The number of halogens is 3. The summed E-state index contributed by atoms with van der Waals surface area (Å²) >= 11 is 5.25. The minimum atomic E-state index is -0.925. The predicted octanol–water partition coefficient (Wildman–Crippen LogP) is 2.02. The standard InChI is InChI=1S/C9H8ClF2NO/c1-13-4-8(14)5-2-6(11)9(10)7(12)3-5/h2-3,13H,4H2,1H3. The largest absolute Gasteiger partial charge is 0.313 e. The first-order valence-corrected chi connectivity index (χ1v) is 4.26. The summed E-state index contributed by atoms with van der Waals surface area (Å²) in [4.78, 5) is 11.2. The SMILES string of the molecule is CNCC(=O)c1cc(F)c(Cl)c(F)c1. The molecule has 1 rings (SSSR count). The van der Waals surface area contributed by atoms with Gasteiger partial charge < -0.3 is 5.32 Å². The summed E-state index contributed by atoms with van der Waals surface area (Å²) in [5.74, 6) is -2.24. The average molecular weight is 220 g/mol. The molecule has 0 fully saturated rings. The molecule has 76 valence electrons. The van der Waals surface area contributed by atoms with Crippen LogP contribution in [0.2, 0.25) is 5.02 Å². The van der Waals surface area contributed by atoms with Crippen LogP contribution >= 0.6 is 11.6 Å². The lowest BCUT2D eigenvalue weighted by molar-refractivity contribution is 0.0992. The van der Waals surface area contributed by atoms with Gasteiger partial charge in [-0.25, -0.2) is 8.78 Å². The van der Waals surface area contributed by atoms with Gasteiger partial charge in [0.05, 0.1) is 6.54 Å². The fourth-order valence-corrected chi connectivity index (χ4v) is 1.09. The number of nitrogens with one attached hydrogen (secondary N) is 1. The lowest BCUT2D eigenvalue weighted by Gasteiger charge is -2.02. The van der Waals surface area contributed by atoms with Crippen molar-refractivity contribution in [3.05, 3.63) is 34.4 Å². The van der Waals surface area contributed by atoms with E-state index in [1.165, 1.54) is 0 Å². The van der Waals surface area contributed by atoms with E-state index in [0.717, 1.165) is 12.1 Å². The number of likely N-dealkylation sites (N-methyl/N-ethyl adjacent to an activating group) is 1. The van der Waals surface area contributed by atoms with Gasteiger partial charge in [-0.05, 0) is 19.2 Å². The molecule has 0 bridgehead atoms. The first-order valence-electron chi connectivity index (χ1n) is 3.88. The molecule has 0 aliphatic heterocycles. The Balaban J connectivity index is 3.06. The molecular weight excluding hydrogens is 212 g/mol. The number of carbonyl (C=O) groups is 1. The zero-order valence-electron chi connectivity index (χ0n) is 7.40. The van der Waals surface area contributed by atoms with Gasteiger partial charge in [0.2, 0.25) is 0 Å². The molecule has 1 N–H and O–H groups in total. The highest BCUT2D eigenvalue weighted by molar-refractivity contribution is 6.31. The van der Waals surface area contributed by atoms with Gasteiger partial charge in [-0.15, -0.1) is 0 Å². The quantitative estimate of drug-likeness (QED) is 0.623. The number of rotatable bonds is 3. The molecule has 2 nitrogen and oxygen atoms in total. The molecule has 0 aliphatic carbocycles. The third-order valence-corrected chi connectivity index (χ3v) is 2.00. The number of benzene rings is 1. The van der Waals surface area contributed by atoms with Gasteiger partial charge in [-0.2, -0.15) is 0 Å². The minimum Gasteiger partial charge on any atom is -0.313 e. The Morgan fingerprint density at radius 1 is 1.43 bits per heavy atom. The number of ketones is 1. The lowest BCUT2D eigenvalue weighted by Crippen LogP contribution is -2.18. The fourth-order valence-electron chi connectivity index (χ4n) is 0.979. The maximum atomic E-state index is 12.9. The summed E-state index contributed by atoms with van der Waals surface area (Å²) in [6.07, 6.45) is 0. The molecule has 0 saturated carbocycles. The molecule has 1 aromatic rings. The van der Waals surface area contributed by atoms with Gasteiger partial charge in [0.1, 0.15) is 16.7 Å². The van der Waals surface area contributed by atoms with Crippen molar-refractivity contribution in [2.24, 2.45) is 0 Å². The Bertz CT molecular complexity index is 345. The number of Topliss-reactive ketones (excluding diaryl/α,β-unsaturated/α-hetero) is 1. The van der Waals surface area contributed by atoms with Gasteiger partial charge in [-0.1, -0.05) is 11.6 Å². The summed E-state index contributed by atoms with van der Waals surface area (Å²) in [5.41, 5.74) is -0.0289. The minimum absolute atomic E-state index is 0.0283. The van der Waals surface area contributed by atoms with E-state index in [2.05, 4.69) is 5.32 Å². The van der Waals surface area contributed by atoms with Crippen LogP contribution in [0.5, 0.6) is 0 Å². The van der Waals surface area contributed by atoms with Crippen molar-refractivity contribution >= 4 is 17.4 Å². The van der Waals surface area contributed by atoms with Crippen LogP contribution in [0.25, 0.3) is 0 Å². The first kappa shape index (κ1) is 11.1. The van der Waals surface area contributed by atoms with Crippen molar-refractivity contribution in [1.29, 1.82) is 0 Å². The molecule has 0 unspecified atom stereocenters. The Morgan fingerprint density at radius 3 is 2.36 bits per heavy atom. The summed E-state index contributed by atoms with van der Waals surface area (Å²) < 4.78 is 25.8.